The number of esters is 1. The molecule has 0 amide bonds. The van der Waals surface area contributed by atoms with E-state index in [0.29, 0.717) is 16.7 Å². The first-order valence-corrected chi connectivity index (χ1v) is 9.57. The van der Waals surface area contributed by atoms with Crippen LogP contribution in [-0.2, 0) is 14.4 Å². The van der Waals surface area contributed by atoms with E-state index in [1.165, 1.54) is 18.9 Å². The number of ether oxygens (including phenoxy) is 1. The lowest BCUT2D eigenvalue weighted by Crippen LogP contribution is -2.20. The van der Waals surface area contributed by atoms with Crippen molar-refractivity contribution in [2.24, 2.45) is 10.9 Å². The fraction of sp³-hybridized carbons (Fsp3) is 0.588. The minimum absolute atomic E-state index is 0.0274. The zero-order chi connectivity index (χ0) is 18.4. The summed E-state index contributed by atoms with van der Waals surface area (Å²) in [5.74, 6) is -0.475. The molecule has 3 N–H and O–H groups in total. The van der Waals surface area contributed by atoms with Gasteiger partial charge in [-0.1, -0.05) is 29.6 Å². The molecule has 2 aliphatic rings. The molecule has 138 valence electrons. The van der Waals surface area contributed by atoms with Gasteiger partial charge in [-0.15, -0.1) is 0 Å². The third kappa shape index (κ3) is 5.85. The molecule has 1 aliphatic heterocycles. The van der Waals surface area contributed by atoms with Gasteiger partial charge in [-0.2, -0.15) is 0 Å². The van der Waals surface area contributed by atoms with E-state index in [1.54, 1.807) is 6.92 Å². The van der Waals surface area contributed by atoms with Crippen LogP contribution in [0.1, 0.15) is 51.9 Å². The Hall–Kier alpha value is -1.34. The molecular weight excluding hydrogens is 410 g/mol. The van der Waals surface area contributed by atoms with Crippen LogP contribution < -0.4 is 5.73 Å². The van der Waals surface area contributed by atoms with Gasteiger partial charge in [-0.3, -0.25) is 5.41 Å². The van der Waals surface area contributed by atoms with Gasteiger partial charge in [0, 0.05) is 6.42 Å². The number of hydrogen-bond donors (Lipinski definition) is 2. The summed E-state index contributed by atoms with van der Waals surface area (Å²) in [5, 5.41) is 11.8. The SMILES string of the molecule is C/C(C(=O)OC1CCCCCC1)=C(/Cl)C(=N)C=C(N)C1CC(Br)=NO1. The lowest BCUT2D eigenvalue weighted by Gasteiger charge is -2.16. The summed E-state index contributed by atoms with van der Waals surface area (Å²) in [5.41, 5.74) is 6.41. The van der Waals surface area contributed by atoms with E-state index in [1.807, 2.05) is 0 Å². The van der Waals surface area contributed by atoms with E-state index in [4.69, 9.17) is 32.3 Å². The fourth-order valence-corrected chi connectivity index (χ4v) is 3.25. The third-order valence-electron chi connectivity index (χ3n) is 4.26. The van der Waals surface area contributed by atoms with E-state index < -0.39 is 12.1 Å². The fourth-order valence-electron chi connectivity index (χ4n) is 2.74. The number of nitrogens with one attached hydrogen (secondary N) is 1. The normalized spacial score (nSPS) is 23.2. The molecule has 2 rings (SSSR count). The lowest BCUT2D eigenvalue weighted by molar-refractivity contribution is -0.144. The van der Waals surface area contributed by atoms with E-state index >= 15 is 0 Å². The van der Waals surface area contributed by atoms with E-state index in [-0.39, 0.29) is 22.4 Å². The van der Waals surface area contributed by atoms with Crippen LogP contribution >= 0.6 is 27.5 Å². The molecule has 0 aromatic carbocycles. The molecule has 0 aromatic rings. The Bertz CT molecular complexity index is 623. The molecule has 8 heteroatoms. The highest BCUT2D eigenvalue weighted by molar-refractivity contribution is 9.18. The molecule has 6 nitrogen and oxygen atoms in total. The zero-order valence-corrected chi connectivity index (χ0v) is 16.5. The van der Waals surface area contributed by atoms with Crippen molar-refractivity contribution >= 4 is 43.8 Å². The number of nitrogens with two attached hydrogens (primary N) is 1. The van der Waals surface area contributed by atoms with Gasteiger partial charge in [0.1, 0.15) is 10.7 Å². The summed E-state index contributed by atoms with van der Waals surface area (Å²) in [6.07, 6.45) is 7.66. The highest BCUT2D eigenvalue weighted by Crippen LogP contribution is 2.23. The maximum Gasteiger partial charge on any atom is 0.335 e. The second-order valence-corrected chi connectivity index (χ2v) is 7.57. The van der Waals surface area contributed by atoms with Gasteiger partial charge in [-0.05, 0) is 54.6 Å². The van der Waals surface area contributed by atoms with Gasteiger partial charge in [0.2, 0.25) is 0 Å². The number of carbonyl (C=O) groups excluding carboxylic acids is 1. The molecule has 0 spiro atoms. The summed E-state index contributed by atoms with van der Waals surface area (Å²) in [6, 6.07) is 0. The highest BCUT2D eigenvalue weighted by atomic mass is 79.9. The van der Waals surface area contributed by atoms with E-state index in [0.717, 1.165) is 25.7 Å². The molecule has 1 atom stereocenters. The first-order valence-electron chi connectivity index (χ1n) is 8.40. The molecule has 0 saturated heterocycles. The number of allylic oxidation sites excluding steroid dienone is 2. The number of oxime groups is 1. The summed E-state index contributed by atoms with van der Waals surface area (Å²) >= 11 is 9.41. The maximum absolute atomic E-state index is 12.3. The molecule has 0 radical (unpaired) electrons. The van der Waals surface area contributed by atoms with Crippen LogP contribution in [0.25, 0.3) is 0 Å². The van der Waals surface area contributed by atoms with Crippen molar-refractivity contribution in [3.05, 3.63) is 22.4 Å². The molecule has 0 aromatic heterocycles. The number of carbonyl (C=O) groups is 1. The molecule has 1 unspecified atom stereocenters. The highest BCUT2D eigenvalue weighted by Gasteiger charge is 2.23. The predicted octanol–water partition coefficient (Wildman–Crippen LogP) is 4.12. The van der Waals surface area contributed by atoms with Crippen molar-refractivity contribution in [1.29, 1.82) is 5.41 Å². The Morgan fingerprint density at radius 3 is 2.60 bits per heavy atom. The predicted molar refractivity (Wildman–Crippen MR) is 102 cm³/mol. The quantitative estimate of drug-likeness (QED) is 0.295. The molecular formula is C17H23BrClN3O3. The van der Waals surface area contributed by atoms with Crippen molar-refractivity contribution in [2.75, 3.05) is 0 Å². The van der Waals surface area contributed by atoms with Crippen LogP contribution in [0.15, 0.2) is 27.5 Å². The van der Waals surface area contributed by atoms with Crippen molar-refractivity contribution < 1.29 is 14.4 Å². The van der Waals surface area contributed by atoms with E-state index in [2.05, 4.69) is 21.1 Å². The van der Waals surface area contributed by atoms with Crippen LogP contribution in [0.3, 0.4) is 0 Å². The van der Waals surface area contributed by atoms with Gasteiger partial charge in [0.05, 0.1) is 22.0 Å². The molecule has 25 heavy (non-hydrogen) atoms. The number of hydrogen-bond acceptors (Lipinski definition) is 6. The molecule has 1 aliphatic carbocycles. The lowest BCUT2D eigenvalue weighted by atomic mass is 10.1. The van der Waals surface area contributed by atoms with Gasteiger partial charge in [0.15, 0.2) is 6.10 Å². The van der Waals surface area contributed by atoms with Crippen molar-refractivity contribution in [3.8, 4) is 0 Å². The van der Waals surface area contributed by atoms with Gasteiger partial charge < -0.3 is 15.3 Å². The smallest absolute Gasteiger partial charge is 0.335 e. The molecule has 1 saturated carbocycles. The second kappa shape index (κ2) is 9.38. The second-order valence-electron chi connectivity index (χ2n) is 6.28. The first kappa shape index (κ1) is 20.0. The van der Waals surface area contributed by atoms with Gasteiger partial charge >= 0.3 is 5.97 Å². The Kier molecular flexibility index (Phi) is 7.50. The molecule has 0 bridgehead atoms. The van der Waals surface area contributed by atoms with Crippen LogP contribution in [0.5, 0.6) is 0 Å². The monoisotopic (exact) mass is 431 g/mol. The zero-order valence-electron chi connectivity index (χ0n) is 14.2. The van der Waals surface area contributed by atoms with Crippen molar-refractivity contribution in [3.63, 3.8) is 0 Å². The Labute approximate surface area is 161 Å². The average molecular weight is 433 g/mol. The maximum atomic E-state index is 12.3. The Morgan fingerprint density at radius 1 is 1.40 bits per heavy atom. The minimum atomic E-state index is -0.475. The molecule has 1 heterocycles. The first-order chi connectivity index (χ1) is 11.9. The number of rotatable bonds is 5. The largest absolute Gasteiger partial charge is 0.459 e. The third-order valence-corrected chi connectivity index (χ3v) is 5.22. The number of nitrogens with zero attached hydrogens (tertiary/aromatic N) is 1. The van der Waals surface area contributed by atoms with Gasteiger partial charge in [-0.25, -0.2) is 4.79 Å². The van der Waals surface area contributed by atoms with Crippen LogP contribution in [-0.4, -0.2) is 28.5 Å². The Morgan fingerprint density at radius 2 is 2.04 bits per heavy atom. The molecule has 1 fully saturated rings. The van der Waals surface area contributed by atoms with Crippen LogP contribution in [0, 0.1) is 5.41 Å². The average Bonchev–Trinajstić information content (AvgIpc) is 2.86. The van der Waals surface area contributed by atoms with Crippen molar-refractivity contribution in [1.82, 2.24) is 0 Å². The Balaban J connectivity index is 1.98. The van der Waals surface area contributed by atoms with Crippen molar-refractivity contribution in [2.45, 2.75) is 64.1 Å². The summed E-state index contributed by atoms with van der Waals surface area (Å²) in [4.78, 5) is 17.4. The standard InChI is InChI=1S/C17H23BrClN3O3/c1-10(17(23)24-11-6-4-2-3-5-7-11)16(19)13(21)8-12(20)14-9-15(18)22-25-14/h8,11,14,21H,2-7,9,20H2,1H3/b12-8?,16-10-,21-13?. The minimum Gasteiger partial charge on any atom is -0.459 e. The summed E-state index contributed by atoms with van der Waals surface area (Å²) in [6.45, 7) is 1.56. The van der Waals surface area contributed by atoms with Crippen LogP contribution in [0.4, 0.5) is 0 Å². The van der Waals surface area contributed by atoms with Gasteiger partial charge in [0.25, 0.3) is 0 Å². The van der Waals surface area contributed by atoms with E-state index in [9.17, 15) is 4.79 Å². The van der Waals surface area contributed by atoms with Crippen LogP contribution in [0.2, 0.25) is 0 Å². The topological polar surface area (TPSA) is 97.8 Å². The summed E-state index contributed by atoms with van der Waals surface area (Å²) in [7, 11) is 0. The number of halogens is 2. The summed E-state index contributed by atoms with van der Waals surface area (Å²) < 4.78 is 6.20.